The van der Waals surface area contributed by atoms with Crippen molar-refractivity contribution in [1.82, 2.24) is 19.9 Å². The molecule has 4 heterocycles. The van der Waals surface area contributed by atoms with Crippen LogP contribution in [0.3, 0.4) is 0 Å². The number of nitrogens with two attached hydrogens (primary N) is 4. The van der Waals surface area contributed by atoms with E-state index in [1.807, 2.05) is 6.92 Å². The van der Waals surface area contributed by atoms with Crippen LogP contribution in [0.15, 0.2) is 41.0 Å². The predicted molar refractivity (Wildman–Crippen MR) is 301 cm³/mol. The Morgan fingerprint density at radius 1 is 0.605 bits per heavy atom. The van der Waals surface area contributed by atoms with Crippen LogP contribution in [0.4, 0.5) is 31.5 Å². The van der Waals surface area contributed by atoms with E-state index in [0.717, 1.165) is 6.07 Å². The molecule has 26 heteroatoms. The maximum Gasteiger partial charge on any atom is 0.358 e. The van der Waals surface area contributed by atoms with E-state index in [9.17, 15) is 32.8 Å². The van der Waals surface area contributed by atoms with E-state index >= 15 is 0 Å². The number of allylic oxidation sites excluding steroid dienone is 1. The summed E-state index contributed by atoms with van der Waals surface area (Å²) in [6, 6.07) is 5.02. The minimum Gasteiger partial charge on any atom is -0.476 e. The smallest absolute Gasteiger partial charge is 0.358 e. The standard InChI is InChI=1S/C11H13ClN2O3.C9H9ClN2O3.C8H7ClF2N2O2.C7H6Cl2N2O2.3C4H9.C3H5.Sn/c1-4-17-6(2)8-5-7(13)9(12)10(14-8)11(15)16-3;1-4(13)6-3-5(11)7(10)8(12-6)9(14)15-2;1-8(10,11)4-2-3(12)5(9)6(13-4)7(14)15;1-13-7(12)6-5(9)3(10)2-4(8)11-6;3*1-3-4-2;1-3-2;/h5H,2,4H2,1,3H3,(H2,13,14);3H,1-2H3,(H2,11,12);2H,1H3,(H2,12,13)(H,14,15);2H,1H3,(H2,10,11);3*1,3-4H2,2H3;1H2,2H3;. The first-order valence-corrected chi connectivity index (χ1v) is 32.6. The van der Waals surface area contributed by atoms with Gasteiger partial charge in [-0.25, -0.2) is 39.1 Å². The van der Waals surface area contributed by atoms with Crippen LogP contribution in [0.1, 0.15) is 151 Å². The number of carboxylic acid groups (broad SMARTS) is 1. The van der Waals surface area contributed by atoms with E-state index in [4.69, 9.17) is 90.8 Å². The number of nitrogens with zero attached hydrogens (tertiary/aromatic N) is 4. The van der Waals surface area contributed by atoms with Gasteiger partial charge >= 0.3 is 132 Å². The number of halogens is 7. The van der Waals surface area contributed by atoms with Crippen LogP contribution in [-0.2, 0) is 24.9 Å². The first-order chi connectivity index (χ1) is 35.4. The van der Waals surface area contributed by atoms with Gasteiger partial charge in [0.25, 0.3) is 5.92 Å². The molecule has 4 rings (SSSR count). The number of pyridine rings is 4. The van der Waals surface area contributed by atoms with Gasteiger partial charge < -0.3 is 47.0 Å². The molecule has 0 bridgehead atoms. The Morgan fingerprint density at radius 3 is 1.30 bits per heavy atom. The fourth-order valence-electron chi connectivity index (χ4n) is 6.36. The molecule has 0 aliphatic rings. The zero-order valence-corrected chi connectivity index (χ0v) is 50.8. The van der Waals surface area contributed by atoms with Crippen LogP contribution in [-0.4, -0.2) is 101 Å². The summed E-state index contributed by atoms with van der Waals surface area (Å²) in [5.41, 5.74) is 21.0. The zero-order chi connectivity index (χ0) is 58.8. The molecule has 9 N–H and O–H groups in total. The predicted octanol–water partition coefficient (Wildman–Crippen LogP) is 13.3. The third-order valence-electron chi connectivity index (χ3n) is 10.6. The summed E-state index contributed by atoms with van der Waals surface area (Å²) in [5.74, 6) is -6.80. The van der Waals surface area contributed by atoms with Crippen molar-refractivity contribution in [3.8, 4) is 0 Å². The number of rotatable bonds is 19. The molecule has 0 saturated heterocycles. The number of aromatic carboxylic acids is 1. The monoisotopic (exact) mass is 1270 g/mol. The molecule has 0 aliphatic heterocycles. The molecule has 420 valence electrons. The number of carboxylic acids is 1. The molecule has 0 fully saturated rings. The molecule has 4 aromatic heterocycles. The second-order valence-electron chi connectivity index (χ2n) is 16.4. The van der Waals surface area contributed by atoms with Crippen molar-refractivity contribution in [2.75, 3.05) is 50.9 Å². The number of ketones is 1. The molecular weight excluding hydrogens is 1210 g/mol. The minimum atomic E-state index is -3.26. The van der Waals surface area contributed by atoms with Crippen molar-refractivity contribution in [3.05, 3.63) is 106 Å². The fourth-order valence-corrected chi connectivity index (χ4v) is 21.9. The van der Waals surface area contributed by atoms with Gasteiger partial charge in [0.2, 0.25) is 0 Å². The average Bonchev–Trinajstić information content (AvgIpc) is 3.36. The third kappa shape index (κ3) is 22.4. The Kier molecular flexibility index (Phi) is 32.1. The number of nitrogen functional groups attached to an aromatic ring is 4. The van der Waals surface area contributed by atoms with E-state index in [-0.39, 0.29) is 76.6 Å². The SMILES string of the molecule is C=C(OCC)c1cc(N)c(Cl)c(C(=O)OC)n1.C=[C](C)[Sn]([CH2]CCC)([CH2]CCC)[CH2]CCC.CC(F)(F)c1cc(N)c(Cl)c(C(=O)O)n1.COC(=O)c1nc(C(C)=O)cc(N)c1Cl.COC(=O)c1nc(Cl)cc(N)c1Cl. The van der Waals surface area contributed by atoms with Crippen LogP contribution in [0.5, 0.6) is 0 Å². The van der Waals surface area contributed by atoms with Crippen molar-refractivity contribution in [2.24, 2.45) is 0 Å². The van der Waals surface area contributed by atoms with Gasteiger partial charge in [-0.2, -0.15) is 8.78 Å². The fraction of sp³-hybridized carbons (Fsp3) is 0.420. The molecule has 18 nitrogen and oxygen atoms in total. The number of esters is 3. The maximum absolute atomic E-state index is 12.9. The van der Waals surface area contributed by atoms with E-state index in [1.54, 1.807) is 16.9 Å². The van der Waals surface area contributed by atoms with Crippen molar-refractivity contribution in [2.45, 2.75) is 106 Å². The zero-order valence-electron chi connectivity index (χ0n) is 44.2. The summed E-state index contributed by atoms with van der Waals surface area (Å²) in [6.45, 7) is 21.5. The molecule has 0 aliphatic carbocycles. The molecular formula is C50H67Cl5F2N8O10Sn. The summed E-state index contributed by atoms with van der Waals surface area (Å²) in [4.78, 5) is 70.1. The van der Waals surface area contributed by atoms with Gasteiger partial charge in [0.05, 0.1) is 70.8 Å². The largest absolute Gasteiger partial charge is 0.476 e. The number of carbonyl (C=O) groups is 5. The first-order valence-electron chi connectivity index (χ1n) is 23.2. The van der Waals surface area contributed by atoms with E-state index < -0.39 is 59.6 Å². The van der Waals surface area contributed by atoms with E-state index in [1.165, 1.54) is 85.0 Å². The van der Waals surface area contributed by atoms with Gasteiger partial charge in [-0.1, -0.05) is 64.6 Å². The number of hydrogen-bond acceptors (Lipinski definition) is 17. The number of ether oxygens (including phenoxy) is 4. The average molecular weight is 1270 g/mol. The van der Waals surface area contributed by atoms with Gasteiger partial charge in [-0.05, 0) is 31.2 Å². The number of unbranched alkanes of at least 4 members (excludes halogenated alkanes) is 3. The molecule has 0 aromatic carbocycles. The first kappa shape index (κ1) is 70.7. The Hall–Kier alpha value is -5.26. The molecule has 0 amide bonds. The number of anilines is 4. The molecule has 0 unspecified atom stereocenters. The van der Waals surface area contributed by atoms with Crippen LogP contribution < -0.4 is 22.9 Å². The molecule has 76 heavy (non-hydrogen) atoms. The van der Waals surface area contributed by atoms with Crippen molar-refractivity contribution in [1.29, 1.82) is 0 Å². The summed E-state index contributed by atoms with van der Waals surface area (Å²) >= 11 is 26.4. The molecule has 4 aromatic rings. The van der Waals surface area contributed by atoms with E-state index in [2.05, 4.69) is 75.0 Å². The number of aromatic nitrogens is 4. The van der Waals surface area contributed by atoms with Crippen molar-refractivity contribution >= 4 is 135 Å². The van der Waals surface area contributed by atoms with Crippen molar-refractivity contribution in [3.63, 3.8) is 0 Å². The molecule has 0 saturated carbocycles. The summed E-state index contributed by atoms with van der Waals surface area (Å²) in [7, 11) is 3.65. The number of hydrogen-bond donors (Lipinski definition) is 5. The van der Waals surface area contributed by atoms with Gasteiger partial charge in [-0.15, -0.1) is 0 Å². The van der Waals surface area contributed by atoms with Crippen LogP contribution in [0, 0.1) is 0 Å². The Bertz CT molecular complexity index is 2660. The van der Waals surface area contributed by atoms with Gasteiger partial charge in [0.15, 0.2) is 28.6 Å². The van der Waals surface area contributed by atoms with Crippen LogP contribution in [0.2, 0.25) is 38.6 Å². The minimum absolute atomic E-state index is 0.00755. The molecule has 0 radical (unpaired) electrons. The van der Waals surface area contributed by atoms with Gasteiger partial charge in [-0.3, -0.25) is 4.79 Å². The quantitative estimate of drug-likeness (QED) is 0.0145. The van der Waals surface area contributed by atoms with Gasteiger partial charge in [0, 0.05) is 13.8 Å². The Morgan fingerprint density at radius 2 is 0.961 bits per heavy atom. The number of alkyl halides is 2. The normalized spacial score (nSPS) is 10.5. The Labute approximate surface area is 471 Å². The second-order valence-corrected chi connectivity index (χ2v) is 32.4. The number of Topliss-reactive ketones (excluding diaryl/α,β-unsaturated/α-hetero) is 1. The van der Waals surface area contributed by atoms with Crippen LogP contribution >= 0.6 is 58.0 Å². The topological polar surface area (TPSA) is 298 Å². The van der Waals surface area contributed by atoms with Gasteiger partial charge in [0.1, 0.15) is 28.0 Å². The third-order valence-corrected chi connectivity index (χ3v) is 28.8. The maximum atomic E-state index is 12.9. The Balaban J connectivity index is 0.000000927. The second kappa shape index (κ2) is 34.5. The molecule has 0 spiro atoms. The number of methoxy groups -OCH3 is 3. The van der Waals surface area contributed by atoms with Crippen LogP contribution in [0.25, 0.3) is 5.76 Å². The van der Waals surface area contributed by atoms with Crippen molar-refractivity contribution < 1.29 is 56.8 Å². The molecule has 0 atom stereocenters. The summed E-state index contributed by atoms with van der Waals surface area (Å²) in [5, 5.41) is 8.50. The number of carbonyl (C=O) groups excluding carboxylic acids is 4. The summed E-state index contributed by atoms with van der Waals surface area (Å²) < 4.78 is 50.7. The van der Waals surface area contributed by atoms with E-state index in [0.29, 0.717) is 25.0 Å². The summed E-state index contributed by atoms with van der Waals surface area (Å²) in [6.07, 6.45) is 8.46.